The predicted octanol–water partition coefficient (Wildman–Crippen LogP) is 3.38. The monoisotopic (exact) mass is 409 g/mol. The molecule has 0 aliphatic carbocycles. The van der Waals surface area contributed by atoms with E-state index >= 15 is 0 Å². The topological polar surface area (TPSA) is 74.2 Å². The average Bonchev–Trinajstić information content (AvgIpc) is 3.26. The molecule has 3 heterocycles. The predicted molar refractivity (Wildman–Crippen MR) is 115 cm³/mol. The van der Waals surface area contributed by atoms with Crippen molar-refractivity contribution in [3.8, 4) is 0 Å². The molecule has 0 amide bonds. The molecule has 7 nitrogen and oxygen atoms in total. The Morgan fingerprint density at radius 2 is 1.93 bits per heavy atom. The zero-order valence-corrected chi connectivity index (χ0v) is 17.8. The number of hydrogen-bond donors (Lipinski definition) is 0. The first-order chi connectivity index (χ1) is 13.9. The van der Waals surface area contributed by atoms with E-state index in [0.717, 1.165) is 28.9 Å². The maximum atomic E-state index is 12.9. The van der Waals surface area contributed by atoms with Crippen molar-refractivity contribution in [3.63, 3.8) is 0 Å². The fraction of sp³-hybridized carbons (Fsp3) is 0.333. The van der Waals surface area contributed by atoms with E-state index in [-0.39, 0.29) is 17.1 Å². The number of fused-ring (bicyclic) bond motifs is 3. The van der Waals surface area contributed by atoms with Crippen LogP contribution >= 0.6 is 11.8 Å². The van der Waals surface area contributed by atoms with Gasteiger partial charge in [0.15, 0.2) is 10.9 Å². The molecular formula is C21H23N5O2S. The van der Waals surface area contributed by atoms with Crippen LogP contribution in [0.25, 0.3) is 16.7 Å². The Balaban J connectivity index is 1.76. The molecular weight excluding hydrogens is 386 g/mol. The van der Waals surface area contributed by atoms with Crippen molar-refractivity contribution in [2.75, 3.05) is 5.75 Å². The molecule has 0 atom stereocenters. The summed E-state index contributed by atoms with van der Waals surface area (Å²) in [7, 11) is 1.96. The lowest BCUT2D eigenvalue weighted by Gasteiger charge is -2.10. The summed E-state index contributed by atoms with van der Waals surface area (Å²) in [6, 6.07) is 9.38. The first-order valence-electron chi connectivity index (χ1n) is 9.59. The molecule has 0 N–H and O–H groups in total. The van der Waals surface area contributed by atoms with Gasteiger partial charge in [-0.1, -0.05) is 30.8 Å². The lowest BCUT2D eigenvalue weighted by Crippen LogP contribution is -2.23. The summed E-state index contributed by atoms with van der Waals surface area (Å²) in [5.41, 5.74) is 3.44. The molecule has 8 heteroatoms. The Morgan fingerprint density at radius 3 is 2.62 bits per heavy atom. The van der Waals surface area contributed by atoms with E-state index in [1.54, 1.807) is 4.57 Å². The van der Waals surface area contributed by atoms with Crippen molar-refractivity contribution < 1.29 is 4.79 Å². The van der Waals surface area contributed by atoms with Gasteiger partial charge < -0.3 is 4.57 Å². The minimum atomic E-state index is -0.0645. The highest BCUT2D eigenvalue weighted by molar-refractivity contribution is 7.99. The normalized spacial score (nSPS) is 11.6. The van der Waals surface area contributed by atoms with Gasteiger partial charge in [0.1, 0.15) is 0 Å². The molecule has 0 saturated heterocycles. The SMILES string of the molecule is CCCn1c(=O)c2ccccc2n2c(SCC(=O)c3cc(C)n(C)c3C)nnc12. The molecule has 0 radical (unpaired) electrons. The second kappa shape index (κ2) is 7.51. The van der Waals surface area contributed by atoms with Gasteiger partial charge in [0, 0.05) is 30.5 Å². The minimum absolute atomic E-state index is 0.0548. The van der Waals surface area contributed by atoms with E-state index in [0.29, 0.717) is 22.9 Å². The Bertz CT molecular complexity index is 1300. The van der Waals surface area contributed by atoms with Gasteiger partial charge >= 0.3 is 0 Å². The number of aromatic nitrogens is 5. The lowest BCUT2D eigenvalue weighted by molar-refractivity contribution is 0.102. The molecule has 0 spiro atoms. The largest absolute Gasteiger partial charge is 0.351 e. The van der Waals surface area contributed by atoms with Gasteiger partial charge in [0.25, 0.3) is 5.56 Å². The Hall–Kier alpha value is -2.87. The first-order valence-corrected chi connectivity index (χ1v) is 10.6. The standard InChI is InChI=1S/C21H23N5O2S/c1-5-10-25-19(28)15-8-6-7-9-17(15)26-20(25)22-23-21(26)29-12-18(27)16-11-13(2)24(4)14(16)3/h6-9,11H,5,10,12H2,1-4H3. The van der Waals surface area contributed by atoms with Crippen LogP contribution in [0.4, 0.5) is 0 Å². The summed E-state index contributed by atoms with van der Waals surface area (Å²) in [5, 5.41) is 9.81. The number of rotatable bonds is 6. The second-order valence-corrected chi connectivity index (χ2v) is 8.09. The molecule has 4 rings (SSSR count). The van der Waals surface area contributed by atoms with Crippen LogP contribution in [-0.4, -0.2) is 35.3 Å². The van der Waals surface area contributed by atoms with E-state index < -0.39 is 0 Å². The van der Waals surface area contributed by atoms with Gasteiger partial charge in [0.2, 0.25) is 5.78 Å². The van der Waals surface area contributed by atoms with E-state index in [9.17, 15) is 9.59 Å². The number of carbonyl (C=O) groups excluding carboxylic acids is 1. The Kier molecular flexibility index (Phi) is 5.04. The quantitative estimate of drug-likeness (QED) is 0.360. The van der Waals surface area contributed by atoms with Crippen molar-refractivity contribution in [3.05, 3.63) is 57.6 Å². The average molecular weight is 410 g/mol. The number of benzene rings is 1. The van der Waals surface area contributed by atoms with E-state index in [4.69, 9.17) is 0 Å². The Morgan fingerprint density at radius 1 is 1.17 bits per heavy atom. The Labute approximate surface area is 172 Å². The number of carbonyl (C=O) groups is 1. The number of aryl methyl sites for hydroxylation is 2. The van der Waals surface area contributed by atoms with Crippen LogP contribution in [0.5, 0.6) is 0 Å². The number of nitrogens with zero attached hydrogens (tertiary/aromatic N) is 5. The molecule has 0 fully saturated rings. The smallest absolute Gasteiger partial charge is 0.262 e. The molecule has 0 saturated carbocycles. The van der Waals surface area contributed by atoms with Crippen LogP contribution in [0.1, 0.15) is 35.1 Å². The maximum Gasteiger partial charge on any atom is 0.262 e. The van der Waals surface area contributed by atoms with E-state index in [1.807, 2.05) is 67.1 Å². The maximum absolute atomic E-state index is 12.9. The fourth-order valence-electron chi connectivity index (χ4n) is 3.60. The molecule has 0 aliphatic rings. The zero-order chi connectivity index (χ0) is 20.7. The highest BCUT2D eigenvalue weighted by Gasteiger charge is 2.19. The van der Waals surface area contributed by atoms with Crippen LogP contribution in [0.3, 0.4) is 0 Å². The molecule has 4 aromatic rings. The molecule has 0 unspecified atom stereocenters. The van der Waals surface area contributed by atoms with Crippen molar-refractivity contribution >= 4 is 34.2 Å². The summed E-state index contributed by atoms with van der Waals surface area (Å²) < 4.78 is 5.56. The number of para-hydroxylation sites is 1. The van der Waals surface area contributed by atoms with Gasteiger partial charge in [0.05, 0.1) is 16.7 Å². The lowest BCUT2D eigenvalue weighted by atomic mass is 10.2. The summed E-state index contributed by atoms with van der Waals surface area (Å²) in [6.45, 7) is 6.53. The van der Waals surface area contributed by atoms with Gasteiger partial charge in [-0.3, -0.25) is 18.6 Å². The van der Waals surface area contributed by atoms with Crippen LogP contribution < -0.4 is 5.56 Å². The third-order valence-corrected chi connectivity index (χ3v) is 6.26. The van der Waals surface area contributed by atoms with Crippen LogP contribution in [0, 0.1) is 13.8 Å². The van der Waals surface area contributed by atoms with Gasteiger partial charge in [-0.05, 0) is 38.5 Å². The van der Waals surface area contributed by atoms with Crippen molar-refractivity contribution in [2.24, 2.45) is 7.05 Å². The summed E-state index contributed by atoms with van der Waals surface area (Å²) in [4.78, 5) is 25.7. The van der Waals surface area contributed by atoms with E-state index in [2.05, 4.69) is 10.2 Å². The van der Waals surface area contributed by atoms with Crippen molar-refractivity contribution in [2.45, 2.75) is 38.9 Å². The third kappa shape index (κ3) is 3.17. The minimum Gasteiger partial charge on any atom is -0.351 e. The molecule has 3 aromatic heterocycles. The molecule has 0 aliphatic heterocycles. The first kappa shape index (κ1) is 19.4. The molecule has 0 bridgehead atoms. The number of hydrogen-bond acceptors (Lipinski definition) is 5. The number of Topliss-reactive ketones (excluding diaryl/α,β-unsaturated/α-hetero) is 1. The van der Waals surface area contributed by atoms with Gasteiger partial charge in [-0.25, -0.2) is 0 Å². The van der Waals surface area contributed by atoms with Crippen molar-refractivity contribution in [1.82, 2.24) is 23.7 Å². The molecule has 29 heavy (non-hydrogen) atoms. The summed E-state index contributed by atoms with van der Waals surface area (Å²) >= 11 is 1.35. The van der Waals surface area contributed by atoms with E-state index in [1.165, 1.54) is 11.8 Å². The van der Waals surface area contributed by atoms with Crippen molar-refractivity contribution in [1.29, 1.82) is 0 Å². The van der Waals surface area contributed by atoms with Crippen LogP contribution in [0.15, 0.2) is 40.3 Å². The molecule has 150 valence electrons. The van der Waals surface area contributed by atoms with Gasteiger partial charge in [-0.15, -0.1) is 10.2 Å². The number of ketones is 1. The summed E-state index contributed by atoms with van der Waals surface area (Å²) in [5.74, 6) is 0.822. The summed E-state index contributed by atoms with van der Waals surface area (Å²) in [6.07, 6.45) is 0.814. The third-order valence-electron chi connectivity index (χ3n) is 5.33. The fourth-order valence-corrected chi connectivity index (χ4v) is 4.42. The zero-order valence-electron chi connectivity index (χ0n) is 17.0. The highest BCUT2D eigenvalue weighted by Crippen LogP contribution is 2.23. The van der Waals surface area contributed by atoms with Gasteiger partial charge in [-0.2, -0.15) is 0 Å². The van der Waals surface area contributed by atoms with Crippen LogP contribution in [0.2, 0.25) is 0 Å². The molecule has 1 aromatic carbocycles. The highest BCUT2D eigenvalue weighted by atomic mass is 32.2. The van der Waals surface area contributed by atoms with Crippen LogP contribution in [-0.2, 0) is 13.6 Å². The second-order valence-electron chi connectivity index (χ2n) is 7.15. The number of thioether (sulfide) groups is 1.